The lowest BCUT2D eigenvalue weighted by Crippen LogP contribution is -2.54. The third kappa shape index (κ3) is 8.25. The lowest BCUT2D eigenvalue weighted by Gasteiger charge is -2.40. The molecule has 0 fully saturated rings. The second-order valence-corrected chi connectivity index (χ2v) is 11.8. The van der Waals surface area contributed by atoms with Crippen molar-refractivity contribution in [3.8, 4) is 11.5 Å². The Morgan fingerprint density at radius 1 is 1.11 bits per heavy atom. The number of carbonyl (C=O) groups excluding carboxylic acids is 3. The number of amides is 2. The van der Waals surface area contributed by atoms with Crippen LogP contribution in [-0.4, -0.2) is 71.7 Å². The van der Waals surface area contributed by atoms with Crippen molar-refractivity contribution in [2.24, 2.45) is 0 Å². The highest BCUT2D eigenvalue weighted by Crippen LogP contribution is 2.37. The first-order valence-corrected chi connectivity index (χ1v) is 15.2. The summed E-state index contributed by atoms with van der Waals surface area (Å²) in [6, 6.07) is 12.9. The number of aldehydes is 1. The van der Waals surface area contributed by atoms with E-state index >= 15 is 0 Å². The smallest absolute Gasteiger partial charge is 0.416 e. The number of ether oxygens (including phenoxy) is 2. The average Bonchev–Trinajstić information content (AvgIpc) is 3.04. The van der Waals surface area contributed by atoms with Gasteiger partial charge in [-0.15, -0.1) is 0 Å². The molecule has 0 spiro atoms. The molecule has 0 saturated carbocycles. The molecule has 4 rings (SSSR count). The summed E-state index contributed by atoms with van der Waals surface area (Å²) in [5.74, 6) is -0.851. The Kier molecular flexibility index (Phi) is 11.5. The molecule has 2 amide bonds. The van der Waals surface area contributed by atoms with Crippen LogP contribution in [0.2, 0.25) is 0 Å². The van der Waals surface area contributed by atoms with Crippen LogP contribution in [0.25, 0.3) is 0 Å². The fourth-order valence-corrected chi connectivity index (χ4v) is 5.79. The fourth-order valence-electron chi connectivity index (χ4n) is 5.04. The molecule has 0 radical (unpaired) electrons. The van der Waals surface area contributed by atoms with Crippen LogP contribution in [0.5, 0.6) is 11.5 Å². The number of hydrogen-bond acceptors (Lipinski definition) is 7. The summed E-state index contributed by atoms with van der Waals surface area (Å²) in [6.45, 7) is 1.47. The third-order valence-electron chi connectivity index (χ3n) is 7.45. The minimum atomic E-state index is -4.60. The Hall–Kier alpha value is -3.95. The molecule has 0 saturated heterocycles. The van der Waals surface area contributed by atoms with E-state index in [0.717, 1.165) is 29.8 Å². The molecule has 0 unspecified atom stereocenters. The van der Waals surface area contributed by atoms with E-state index < -0.39 is 41.8 Å². The van der Waals surface area contributed by atoms with Crippen molar-refractivity contribution in [1.82, 2.24) is 10.2 Å². The van der Waals surface area contributed by atoms with Crippen LogP contribution in [0.1, 0.15) is 43.8 Å². The fraction of sp³-hybridized carbons (Fsp3) is 0.303. The summed E-state index contributed by atoms with van der Waals surface area (Å²) >= 11 is 1.94. The monoisotopic (exact) mass is 752 g/mol. The van der Waals surface area contributed by atoms with E-state index in [0.29, 0.717) is 21.0 Å². The number of halogens is 4. The normalized spacial score (nSPS) is 17.9. The number of aliphatic hydroxyl groups excluding tert-OH is 2. The number of carbonyl (C=O) groups is 3. The third-order valence-corrected chi connectivity index (χ3v) is 8.25. The maximum absolute atomic E-state index is 14.0. The van der Waals surface area contributed by atoms with Gasteiger partial charge in [0.15, 0.2) is 11.5 Å². The van der Waals surface area contributed by atoms with Crippen LogP contribution in [0.3, 0.4) is 0 Å². The van der Waals surface area contributed by atoms with Crippen LogP contribution < -0.4 is 14.8 Å². The van der Waals surface area contributed by atoms with Crippen LogP contribution in [0, 0.1) is 10.5 Å². The predicted molar refractivity (Wildman–Crippen MR) is 171 cm³/mol. The highest BCUT2D eigenvalue weighted by Gasteiger charge is 2.41. The molecule has 3 aromatic carbocycles. The van der Waals surface area contributed by atoms with Crippen molar-refractivity contribution >= 4 is 40.7 Å². The summed E-state index contributed by atoms with van der Waals surface area (Å²) < 4.78 is 51.9. The molecule has 0 bridgehead atoms. The maximum atomic E-state index is 14.0. The summed E-state index contributed by atoms with van der Waals surface area (Å²) in [5.41, 5.74) is 1.15. The van der Waals surface area contributed by atoms with Crippen molar-refractivity contribution in [2.75, 3.05) is 20.3 Å². The second kappa shape index (κ2) is 15.1. The first-order valence-electron chi connectivity index (χ1n) is 14.2. The Bertz CT molecular complexity index is 1590. The molecule has 3 N–H and O–H groups in total. The SMILES string of the molecule is COc1cc(C=O)cc(I)c1O[C@H]1C=C(C(=O)NCCO)C[C@@H](N(Cc2ccc(C)cc2)C(=O)c2ccc(C(F)(F)F)cc2)[C@@H]1O. The minimum Gasteiger partial charge on any atom is -0.493 e. The standard InChI is InChI=1S/C33H32F3IN2O7/c1-19-3-5-20(6-4-19)17-39(32(44)22-7-9-24(10-8-22)33(34,35)36)26-15-23(31(43)38-11-12-40)16-27(29(26)42)46-30-25(37)13-21(18-41)14-28(30)45-2/h3-10,13-14,16,18,26-27,29,40,42H,11-12,15,17H2,1-2H3,(H,38,43)/t26-,27+,29+/m1/s1. The number of aliphatic hydroxyl groups is 2. The zero-order valence-corrected chi connectivity index (χ0v) is 27.0. The number of aryl methyl sites for hydroxylation is 1. The molecule has 0 heterocycles. The van der Waals surface area contributed by atoms with Gasteiger partial charge in [0.05, 0.1) is 28.9 Å². The predicted octanol–water partition coefficient (Wildman–Crippen LogP) is 4.70. The molecule has 9 nitrogen and oxygen atoms in total. The van der Waals surface area contributed by atoms with Crippen LogP contribution in [-0.2, 0) is 17.5 Å². The minimum absolute atomic E-state index is 0.0466. The highest BCUT2D eigenvalue weighted by atomic mass is 127. The molecule has 3 aromatic rings. The first kappa shape index (κ1) is 34.9. The van der Waals surface area contributed by atoms with Crippen LogP contribution in [0.4, 0.5) is 13.2 Å². The quantitative estimate of drug-likeness (QED) is 0.192. The molecule has 244 valence electrons. The number of nitrogens with zero attached hydrogens (tertiary/aromatic N) is 1. The van der Waals surface area contributed by atoms with Gasteiger partial charge in [0, 0.05) is 36.2 Å². The van der Waals surface area contributed by atoms with Gasteiger partial charge in [-0.25, -0.2) is 0 Å². The summed E-state index contributed by atoms with van der Waals surface area (Å²) in [4.78, 5) is 39.9. The van der Waals surface area contributed by atoms with Gasteiger partial charge in [0.1, 0.15) is 18.5 Å². The van der Waals surface area contributed by atoms with Gasteiger partial charge < -0.3 is 29.9 Å². The number of methoxy groups -OCH3 is 1. The number of alkyl halides is 3. The van der Waals surface area contributed by atoms with Gasteiger partial charge in [0.2, 0.25) is 5.91 Å². The van der Waals surface area contributed by atoms with Crippen molar-refractivity contribution < 1.29 is 47.2 Å². The van der Waals surface area contributed by atoms with Gasteiger partial charge >= 0.3 is 6.18 Å². The summed E-state index contributed by atoms with van der Waals surface area (Å²) in [6.07, 6.45) is -5.31. The largest absolute Gasteiger partial charge is 0.493 e. The van der Waals surface area contributed by atoms with E-state index in [9.17, 15) is 37.8 Å². The highest BCUT2D eigenvalue weighted by molar-refractivity contribution is 14.1. The molecule has 1 aliphatic rings. The molecular formula is C33H32F3IN2O7. The molecule has 13 heteroatoms. The lowest BCUT2D eigenvalue weighted by molar-refractivity contribution is -0.137. The number of rotatable bonds is 11. The molecule has 0 aliphatic heterocycles. The Morgan fingerprint density at radius 2 is 1.78 bits per heavy atom. The van der Waals surface area contributed by atoms with E-state index in [1.165, 1.54) is 24.2 Å². The van der Waals surface area contributed by atoms with Gasteiger partial charge in [-0.2, -0.15) is 13.2 Å². The Labute approximate surface area is 277 Å². The van der Waals surface area contributed by atoms with Gasteiger partial charge in [-0.05, 0) is 77.6 Å². The Morgan fingerprint density at radius 3 is 2.37 bits per heavy atom. The van der Waals surface area contributed by atoms with Gasteiger partial charge in [0.25, 0.3) is 5.91 Å². The van der Waals surface area contributed by atoms with Crippen molar-refractivity contribution in [1.29, 1.82) is 0 Å². The van der Waals surface area contributed by atoms with E-state index in [2.05, 4.69) is 5.32 Å². The lowest BCUT2D eigenvalue weighted by atomic mass is 9.87. The van der Waals surface area contributed by atoms with E-state index in [4.69, 9.17) is 9.47 Å². The van der Waals surface area contributed by atoms with E-state index in [1.54, 1.807) is 18.2 Å². The molecule has 0 aromatic heterocycles. The zero-order chi connectivity index (χ0) is 33.6. The van der Waals surface area contributed by atoms with Gasteiger partial charge in [-0.3, -0.25) is 14.4 Å². The van der Waals surface area contributed by atoms with Crippen LogP contribution in [0.15, 0.2) is 72.3 Å². The van der Waals surface area contributed by atoms with Crippen molar-refractivity contribution in [3.63, 3.8) is 0 Å². The number of hydrogen-bond donors (Lipinski definition) is 3. The molecule has 3 atom stereocenters. The van der Waals surface area contributed by atoms with Crippen LogP contribution >= 0.6 is 22.6 Å². The van der Waals surface area contributed by atoms with Crippen molar-refractivity contribution in [3.05, 3.63) is 104 Å². The zero-order valence-electron chi connectivity index (χ0n) is 24.9. The topological polar surface area (TPSA) is 125 Å². The van der Waals surface area contributed by atoms with Gasteiger partial charge in [-0.1, -0.05) is 29.8 Å². The summed E-state index contributed by atoms with van der Waals surface area (Å²) in [5, 5.41) is 23.6. The molecule has 1 aliphatic carbocycles. The summed E-state index contributed by atoms with van der Waals surface area (Å²) in [7, 11) is 1.38. The maximum Gasteiger partial charge on any atom is 0.416 e. The average molecular weight is 753 g/mol. The Balaban J connectivity index is 1.78. The van der Waals surface area contributed by atoms with E-state index in [1.807, 2.05) is 41.6 Å². The second-order valence-electron chi connectivity index (χ2n) is 10.7. The van der Waals surface area contributed by atoms with E-state index in [-0.39, 0.29) is 48.8 Å². The molecule has 46 heavy (non-hydrogen) atoms. The first-order chi connectivity index (χ1) is 21.9. The number of benzene rings is 3. The number of nitrogens with one attached hydrogen (secondary N) is 1. The molecular weight excluding hydrogens is 720 g/mol. The van der Waals surface area contributed by atoms with Crippen molar-refractivity contribution in [2.45, 2.75) is 44.3 Å².